The summed E-state index contributed by atoms with van der Waals surface area (Å²) >= 11 is 1.76. The van der Waals surface area contributed by atoms with Gasteiger partial charge in [-0.25, -0.2) is 9.97 Å². The number of hydrogen-bond donors (Lipinski definition) is 0. The van der Waals surface area contributed by atoms with Gasteiger partial charge in [-0.05, 0) is 22.6 Å². The van der Waals surface area contributed by atoms with E-state index in [1.54, 1.807) is 24.0 Å². The zero-order chi connectivity index (χ0) is 18.6. The molecule has 0 spiro atoms. The van der Waals surface area contributed by atoms with Crippen LogP contribution in [0.4, 0.5) is 5.95 Å². The van der Waals surface area contributed by atoms with Crippen molar-refractivity contribution in [3.05, 3.63) is 53.3 Å². The van der Waals surface area contributed by atoms with Crippen molar-refractivity contribution in [2.45, 2.75) is 33.4 Å². The third-order valence-electron chi connectivity index (χ3n) is 4.01. The molecule has 5 nitrogen and oxygen atoms in total. The molecule has 1 aliphatic rings. The van der Waals surface area contributed by atoms with Crippen LogP contribution < -0.4 is 4.90 Å². The van der Waals surface area contributed by atoms with E-state index in [0.717, 1.165) is 12.3 Å². The Hall–Kier alpha value is -2.39. The number of anilines is 1. The molecule has 26 heavy (non-hydrogen) atoms. The molecule has 0 N–H and O–H groups in total. The van der Waals surface area contributed by atoms with Gasteiger partial charge in [0.2, 0.25) is 5.95 Å². The van der Waals surface area contributed by atoms with E-state index in [9.17, 15) is 0 Å². The largest absolute Gasteiger partial charge is 0.336 e. The van der Waals surface area contributed by atoms with Crippen molar-refractivity contribution in [1.82, 2.24) is 9.97 Å². The minimum atomic E-state index is 0.0851. The summed E-state index contributed by atoms with van der Waals surface area (Å²) in [5.41, 5.74) is 4.85. The van der Waals surface area contributed by atoms with Gasteiger partial charge in [0, 0.05) is 25.0 Å². The molecular formula is C20H23N5S. The predicted octanol–water partition coefficient (Wildman–Crippen LogP) is 4.22. The number of aliphatic imine (C=N–C) groups is 1. The van der Waals surface area contributed by atoms with Crippen molar-refractivity contribution in [1.29, 1.82) is 5.26 Å². The molecular weight excluding hydrogens is 342 g/mol. The van der Waals surface area contributed by atoms with Crippen molar-refractivity contribution < 1.29 is 0 Å². The maximum Gasteiger partial charge on any atom is 0.226 e. The lowest BCUT2D eigenvalue weighted by molar-refractivity contribution is 0.406. The standard InChI is InChI=1S/C20H23N5S/c1-20(2,3)13-25(19-22-9-8-17(10-21)24-19)11-15-4-6-16(7-5-15)18-12-26-14-23-18/h4-9,14,18H,11-13H2,1-3H3. The summed E-state index contributed by atoms with van der Waals surface area (Å²) in [6.07, 6.45) is 1.65. The van der Waals surface area contributed by atoms with Crippen molar-refractivity contribution in [2.75, 3.05) is 17.2 Å². The number of rotatable bonds is 5. The summed E-state index contributed by atoms with van der Waals surface area (Å²) < 4.78 is 0. The van der Waals surface area contributed by atoms with E-state index in [1.165, 1.54) is 11.1 Å². The fourth-order valence-electron chi connectivity index (χ4n) is 2.87. The lowest BCUT2D eigenvalue weighted by atomic mass is 9.96. The van der Waals surface area contributed by atoms with Gasteiger partial charge in [-0.1, -0.05) is 45.0 Å². The van der Waals surface area contributed by atoms with E-state index >= 15 is 0 Å². The molecule has 0 saturated carbocycles. The highest BCUT2D eigenvalue weighted by Crippen LogP contribution is 2.27. The molecule has 1 unspecified atom stereocenters. The molecule has 0 fully saturated rings. The number of thioether (sulfide) groups is 1. The molecule has 0 radical (unpaired) electrons. The monoisotopic (exact) mass is 365 g/mol. The fraction of sp³-hybridized carbons (Fsp3) is 0.400. The van der Waals surface area contributed by atoms with Crippen LogP contribution in [0.2, 0.25) is 0 Å². The molecule has 0 bridgehead atoms. The van der Waals surface area contributed by atoms with Crippen molar-refractivity contribution >= 4 is 23.3 Å². The number of benzene rings is 1. The predicted molar refractivity (Wildman–Crippen MR) is 107 cm³/mol. The molecule has 1 aliphatic heterocycles. The van der Waals surface area contributed by atoms with Gasteiger partial charge in [0.05, 0.1) is 11.6 Å². The van der Waals surface area contributed by atoms with Gasteiger partial charge < -0.3 is 4.90 Å². The molecule has 0 saturated heterocycles. The number of hydrogen-bond acceptors (Lipinski definition) is 6. The second-order valence-corrected chi connectivity index (χ2v) is 8.49. The van der Waals surface area contributed by atoms with Crippen LogP contribution in [-0.4, -0.2) is 27.8 Å². The number of nitrogens with zero attached hydrogens (tertiary/aromatic N) is 5. The van der Waals surface area contributed by atoms with Gasteiger partial charge >= 0.3 is 0 Å². The van der Waals surface area contributed by atoms with Crippen LogP contribution in [0, 0.1) is 16.7 Å². The van der Waals surface area contributed by atoms with Crippen LogP contribution in [0.1, 0.15) is 43.6 Å². The molecule has 1 aromatic heterocycles. The smallest absolute Gasteiger partial charge is 0.226 e. The fourth-order valence-corrected chi connectivity index (χ4v) is 3.65. The van der Waals surface area contributed by atoms with E-state index in [2.05, 4.69) is 71.0 Å². The molecule has 0 aliphatic carbocycles. The van der Waals surface area contributed by atoms with Gasteiger partial charge in [-0.3, -0.25) is 4.99 Å². The SMILES string of the molecule is CC(C)(C)CN(Cc1ccc(C2CSC=N2)cc1)c1nccc(C#N)n1. The minimum absolute atomic E-state index is 0.0851. The normalized spacial score (nSPS) is 16.5. The third kappa shape index (κ3) is 4.83. The lowest BCUT2D eigenvalue weighted by Gasteiger charge is -2.30. The van der Waals surface area contributed by atoms with Crippen LogP contribution in [0.15, 0.2) is 41.5 Å². The van der Waals surface area contributed by atoms with Crippen LogP contribution in [0.3, 0.4) is 0 Å². The third-order valence-corrected chi connectivity index (χ3v) is 4.79. The molecule has 134 valence electrons. The summed E-state index contributed by atoms with van der Waals surface area (Å²) in [7, 11) is 0. The zero-order valence-corrected chi connectivity index (χ0v) is 16.2. The Labute approximate surface area is 159 Å². The molecule has 3 rings (SSSR count). The maximum absolute atomic E-state index is 9.13. The van der Waals surface area contributed by atoms with Gasteiger partial charge in [0.1, 0.15) is 11.8 Å². The molecule has 6 heteroatoms. The first kappa shape index (κ1) is 18.4. The first-order valence-electron chi connectivity index (χ1n) is 8.65. The molecule has 0 amide bonds. The Kier molecular flexibility index (Phi) is 5.58. The van der Waals surface area contributed by atoms with Gasteiger partial charge in [-0.15, -0.1) is 11.8 Å². The van der Waals surface area contributed by atoms with E-state index in [4.69, 9.17) is 5.26 Å². The van der Waals surface area contributed by atoms with E-state index in [-0.39, 0.29) is 11.5 Å². The Bertz CT molecular complexity index is 817. The van der Waals surface area contributed by atoms with Crippen molar-refractivity contribution in [2.24, 2.45) is 10.4 Å². The molecule has 2 heterocycles. The van der Waals surface area contributed by atoms with Crippen molar-refractivity contribution in [3.8, 4) is 6.07 Å². The molecule has 1 atom stereocenters. The highest BCUT2D eigenvalue weighted by Gasteiger charge is 2.20. The van der Waals surface area contributed by atoms with E-state index < -0.39 is 0 Å². The summed E-state index contributed by atoms with van der Waals surface area (Å²) in [4.78, 5) is 15.4. The van der Waals surface area contributed by atoms with E-state index in [0.29, 0.717) is 18.2 Å². The number of nitriles is 1. The second kappa shape index (κ2) is 7.88. The zero-order valence-electron chi connectivity index (χ0n) is 15.4. The van der Waals surface area contributed by atoms with Crippen LogP contribution in [0.5, 0.6) is 0 Å². The van der Waals surface area contributed by atoms with Crippen molar-refractivity contribution in [3.63, 3.8) is 0 Å². The molecule has 2 aromatic rings. The molecule has 1 aromatic carbocycles. The minimum Gasteiger partial charge on any atom is -0.336 e. The summed E-state index contributed by atoms with van der Waals surface area (Å²) in [5.74, 6) is 1.62. The summed E-state index contributed by atoms with van der Waals surface area (Å²) in [5, 5.41) is 9.13. The van der Waals surface area contributed by atoms with E-state index in [1.807, 2.05) is 5.55 Å². The average molecular weight is 366 g/mol. The summed E-state index contributed by atoms with van der Waals surface area (Å²) in [6, 6.07) is 12.6. The van der Waals surface area contributed by atoms with Crippen LogP contribution in [-0.2, 0) is 6.54 Å². The van der Waals surface area contributed by atoms with Crippen LogP contribution >= 0.6 is 11.8 Å². The Balaban J connectivity index is 1.81. The Morgan fingerprint density at radius 3 is 2.62 bits per heavy atom. The van der Waals surface area contributed by atoms with Gasteiger partial charge in [0.25, 0.3) is 0 Å². The first-order valence-corrected chi connectivity index (χ1v) is 9.70. The highest BCUT2D eigenvalue weighted by molar-refractivity contribution is 8.12. The highest BCUT2D eigenvalue weighted by atomic mass is 32.2. The second-order valence-electron chi connectivity index (χ2n) is 7.62. The first-order chi connectivity index (χ1) is 12.4. The number of aromatic nitrogens is 2. The van der Waals surface area contributed by atoms with Gasteiger partial charge in [-0.2, -0.15) is 5.26 Å². The summed E-state index contributed by atoms with van der Waals surface area (Å²) in [6.45, 7) is 8.06. The lowest BCUT2D eigenvalue weighted by Crippen LogP contribution is -2.33. The Morgan fingerprint density at radius 2 is 2.00 bits per heavy atom. The maximum atomic E-state index is 9.13. The van der Waals surface area contributed by atoms with Crippen LogP contribution in [0.25, 0.3) is 0 Å². The average Bonchev–Trinajstić information content (AvgIpc) is 3.15. The quantitative estimate of drug-likeness (QED) is 0.794. The van der Waals surface area contributed by atoms with Gasteiger partial charge in [0.15, 0.2) is 0 Å². The Morgan fingerprint density at radius 1 is 1.23 bits per heavy atom. The topological polar surface area (TPSA) is 65.2 Å².